The molecule has 0 amide bonds. The van der Waals surface area contributed by atoms with Crippen LogP contribution < -0.4 is 5.32 Å². The van der Waals surface area contributed by atoms with E-state index in [0.717, 1.165) is 11.3 Å². The van der Waals surface area contributed by atoms with Crippen molar-refractivity contribution in [2.24, 2.45) is 0 Å². The lowest BCUT2D eigenvalue weighted by molar-refractivity contribution is -0.173. The summed E-state index contributed by atoms with van der Waals surface area (Å²) in [6.07, 6.45) is -0.743. The molecule has 0 spiro atoms. The van der Waals surface area contributed by atoms with Crippen LogP contribution in [-0.4, -0.2) is 35.7 Å². The number of hydrogen-bond acceptors (Lipinski definition) is 3. The maximum absolute atomic E-state index is 11.9. The molecule has 0 unspecified atom stereocenters. The number of benzene rings is 1. The SMILES string of the molecule is FC(F)(F)COCCNCc1ccccc1-n1cccn1. The number of para-hydroxylation sites is 1. The summed E-state index contributed by atoms with van der Waals surface area (Å²) in [4.78, 5) is 0. The first-order valence-electron chi connectivity index (χ1n) is 6.49. The molecule has 0 saturated heterocycles. The fourth-order valence-corrected chi connectivity index (χ4v) is 1.85. The number of hydrogen-bond donors (Lipinski definition) is 1. The zero-order valence-corrected chi connectivity index (χ0v) is 11.3. The topological polar surface area (TPSA) is 39.1 Å². The zero-order valence-electron chi connectivity index (χ0n) is 11.3. The molecule has 21 heavy (non-hydrogen) atoms. The molecule has 1 N–H and O–H groups in total. The smallest absolute Gasteiger partial charge is 0.371 e. The monoisotopic (exact) mass is 299 g/mol. The van der Waals surface area contributed by atoms with Crippen molar-refractivity contribution in [3.8, 4) is 5.69 Å². The van der Waals surface area contributed by atoms with Crippen LogP contribution in [0.4, 0.5) is 13.2 Å². The third kappa shape index (κ3) is 5.20. The molecule has 0 aliphatic heterocycles. The molecular weight excluding hydrogens is 283 g/mol. The summed E-state index contributed by atoms with van der Waals surface area (Å²) in [6, 6.07) is 9.52. The molecule has 0 aliphatic carbocycles. The van der Waals surface area contributed by atoms with Crippen molar-refractivity contribution in [3.63, 3.8) is 0 Å². The highest BCUT2D eigenvalue weighted by Gasteiger charge is 2.27. The predicted octanol–water partition coefficient (Wildman–Crippen LogP) is 2.54. The van der Waals surface area contributed by atoms with Gasteiger partial charge in [-0.15, -0.1) is 0 Å². The molecule has 0 fully saturated rings. The molecule has 114 valence electrons. The Morgan fingerprint density at radius 2 is 2.00 bits per heavy atom. The molecule has 2 rings (SSSR count). The molecule has 0 radical (unpaired) electrons. The maximum Gasteiger partial charge on any atom is 0.411 e. The van der Waals surface area contributed by atoms with Crippen LogP contribution >= 0.6 is 0 Å². The molecule has 1 aromatic carbocycles. The van der Waals surface area contributed by atoms with E-state index < -0.39 is 12.8 Å². The van der Waals surface area contributed by atoms with Gasteiger partial charge in [0.2, 0.25) is 0 Å². The first-order valence-corrected chi connectivity index (χ1v) is 6.49. The Hall–Kier alpha value is -1.86. The summed E-state index contributed by atoms with van der Waals surface area (Å²) >= 11 is 0. The molecule has 1 heterocycles. The van der Waals surface area contributed by atoms with E-state index in [1.807, 2.05) is 36.5 Å². The number of aromatic nitrogens is 2. The number of alkyl halides is 3. The molecule has 2 aromatic rings. The molecule has 7 heteroatoms. The Kier molecular flexibility index (Phi) is 5.35. The van der Waals surface area contributed by atoms with Gasteiger partial charge in [0.1, 0.15) is 6.61 Å². The zero-order chi connectivity index (χ0) is 15.1. The van der Waals surface area contributed by atoms with Crippen LogP contribution in [-0.2, 0) is 11.3 Å². The van der Waals surface area contributed by atoms with Crippen LogP contribution in [0.15, 0.2) is 42.7 Å². The Bertz CT molecular complexity index is 541. The van der Waals surface area contributed by atoms with Crippen molar-refractivity contribution in [2.45, 2.75) is 12.7 Å². The van der Waals surface area contributed by atoms with E-state index in [1.165, 1.54) is 0 Å². The van der Waals surface area contributed by atoms with Gasteiger partial charge in [0, 0.05) is 25.5 Å². The lowest BCUT2D eigenvalue weighted by atomic mass is 10.2. The minimum Gasteiger partial charge on any atom is -0.371 e. The quantitative estimate of drug-likeness (QED) is 0.799. The average Bonchev–Trinajstić information content (AvgIpc) is 2.96. The van der Waals surface area contributed by atoms with E-state index >= 15 is 0 Å². The standard InChI is InChI=1S/C14H16F3N3O/c15-14(16,17)11-21-9-7-18-10-12-4-1-2-5-13(12)20-8-3-6-19-20/h1-6,8,18H,7,9-11H2. The summed E-state index contributed by atoms with van der Waals surface area (Å²) in [5.74, 6) is 0. The fourth-order valence-electron chi connectivity index (χ4n) is 1.85. The van der Waals surface area contributed by atoms with Gasteiger partial charge in [0.25, 0.3) is 0 Å². The number of halogens is 3. The molecule has 0 bridgehead atoms. The van der Waals surface area contributed by atoms with E-state index in [1.54, 1.807) is 10.9 Å². The first-order chi connectivity index (χ1) is 10.1. The maximum atomic E-state index is 11.9. The normalized spacial score (nSPS) is 11.8. The number of rotatable bonds is 7. The van der Waals surface area contributed by atoms with E-state index in [-0.39, 0.29) is 6.61 Å². The van der Waals surface area contributed by atoms with Crippen LogP contribution in [0.1, 0.15) is 5.56 Å². The van der Waals surface area contributed by atoms with E-state index in [0.29, 0.717) is 13.1 Å². The van der Waals surface area contributed by atoms with Crippen molar-refractivity contribution >= 4 is 0 Å². The lowest BCUT2D eigenvalue weighted by Gasteiger charge is -2.11. The highest BCUT2D eigenvalue weighted by atomic mass is 19.4. The third-order valence-electron chi connectivity index (χ3n) is 2.75. The van der Waals surface area contributed by atoms with E-state index in [4.69, 9.17) is 0 Å². The van der Waals surface area contributed by atoms with Crippen molar-refractivity contribution in [1.29, 1.82) is 0 Å². The molecule has 0 aliphatic rings. The van der Waals surface area contributed by atoms with Gasteiger partial charge in [-0.1, -0.05) is 18.2 Å². The molecule has 0 saturated carbocycles. The van der Waals surface area contributed by atoms with Crippen LogP contribution in [0.25, 0.3) is 5.69 Å². The summed E-state index contributed by atoms with van der Waals surface area (Å²) in [7, 11) is 0. The van der Waals surface area contributed by atoms with Crippen molar-refractivity contribution in [3.05, 3.63) is 48.3 Å². The summed E-state index contributed by atoms with van der Waals surface area (Å²) in [5, 5.41) is 7.23. The average molecular weight is 299 g/mol. The predicted molar refractivity (Wildman–Crippen MR) is 72.1 cm³/mol. The molecule has 1 aromatic heterocycles. The second kappa shape index (κ2) is 7.24. The lowest BCUT2D eigenvalue weighted by Crippen LogP contribution is -2.24. The van der Waals surface area contributed by atoms with Crippen LogP contribution in [0.3, 0.4) is 0 Å². The van der Waals surface area contributed by atoms with Gasteiger partial charge >= 0.3 is 6.18 Å². The van der Waals surface area contributed by atoms with Crippen molar-refractivity contribution < 1.29 is 17.9 Å². The van der Waals surface area contributed by atoms with Gasteiger partial charge in [0.05, 0.1) is 12.3 Å². The van der Waals surface area contributed by atoms with Gasteiger partial charge in [-0.05, 0) is 17.7 Å². The fraction of sp³-hybridized carbons (Fsp3) is 0.357. The Balaban J connectivity index is 1.79. The van der Waals surface area contributed by atoms with Crippen LogP contribution in [0.5, 0.6) is 0 Å². The van der Waals surface area contributed by atoms with Gasteiger partial charge in [0.15, 0.2) is 0 Å². The minimum atomic E-state index is -4.27. The summed E-state index contributed by atoms with van der Waals surface area (Å²) in [6.45, 7) is -0.309. The minimum absolute atomic E-state index is 0.0173. The summed E-state index contributed by atoms with van der Waals surface area (Å²) in [5.41, 5.74) is 1.95. The third-order valence-corrected chi connectivity index (χ3v) is 2.75. The number of nitrogens with one attached hydrogen (secondary N) is 1. The summed E-state index contributed by atoms with van der Waals surface area (Å²) < 4.78 is 41.9. The van der Waals surface area contributed by atoms with Crippen LogP contribution in [0.2, 0.25) is 0 Å². The first kappa shape index (κ1) is 15.5. The highest BCUT2D eigenvalue weighted by Crippen LogP contribution is 2.14. The van der Waals surface area contributed by atoms with Gasteiger partial charge < -0.3 is 10.1 Å². The van der Waals surface area contributed by atoms with Crippen LogP contribution in [0, 0.1) is 0 Å². The largest absolute Gasteiger partial charge is 0.411 e. The Morgan fingerprint density at radius 1 is 1.19 bits per heavy atom. The number of ether oxygens (including phenoxy) is 1. The second-order valence-corrected chi connectivity index (χ2v) is 4.42. The second-order valence-electron chi connectivity index (χ2n) is 4.42. The highest BCUT2D eigenvalue weighted by molar-refractivity contribution is 5.40. The van der Waals surface area contributed by atoms with Crippen molar-refractivity contribution in [1.82, 2.24) is 15.1 Å². The van der Waals surface area contributed by atoms with Gasteiger partial charge in [-0.2, -0.15) is 18.3 Å². The molecule has 4 nitrogen and oxygen atoms in total. The molecular formula is C14H16F3N3O. The number of nitrogens with zero attached hydrogens (tertiary/aromatic N) is 2. The Morgan fingerprint density at radius 3 is 2.71 bits per heavy atom. The Labute approximate surface area is 120 Å². The molecule has 0 atom stereocenters. The van der Waals surface area contributed by atoms with Gasteiger partial charge in [-0.3, -0.25) is 0 Å². The van der Waals surface area contributed by atoms with Gasteiger partial charge in [-0.25, -0.2) is 4.68 Å². The van der Waals surface area contributed by atoms with E-state index in [2.05, 4.69) is 15.2 Å². The van der Waals surface area contributed by atoms with Crippen molar-refractivity contribution in [2.75, 3.05) is 19.8 Å². The van der Waals surface area contributed by atoms with E-state index in [9.17, 15) is 13.2 Å².